The van der Waals surface area contributed by atoms with Crippen LogP contribution in [0.15, 0.2) is 39.4 Å². The highest BCUT2D eigenvalue weighted by Gasteiger charge is 2.15. The van der Waals surface area contributed by atoms with Crippen LogP contribution in [-0.2, 0) is 16.0 Å². The van der Waals surface area contributed by atoms with Gasteiger partial charge < -0.3 is 14.8 Å². The molecule has 1 unspecified atom stereocenters. The summed E-state index contributed by atoms with van der Waals surface area (Å²) in [7, 11) is 0. The summed E-state index contributed by atoms with van der Waals surface area (Å²) in [6.07, 6.45) is 2.03. The molecule has 0 aliphatic rings. The number of carboxylic acid groups (broad SMARTS) is 1. The molecule has 2 aromatic rings. The van der Waals surface area contributed by atoms with Crippen LogP contribution in [0.25, 0.3) is 11.3 Å². The Kier molecular flexibility index (Phi) is 5.32. The molecule has 2 rings (SSSR count). The van der Waals surface area contributed by atoms with Crippen molar-refractivity contribution in [2.24, 2.45) is 0 Å². The van der Waals surface area contributed by atoms with E-state index < -0.39 is 12.0 Å². The van der Waals surface area contributed by atoms with E-state index in [9.17, 15) is 9.59 Å². The molecule has 116 valence electrons. The van der Waals surface area contributed by atoms with E-state index >= 15 is 0 Å². The van der Waals surface area contributed by atoms with E-state index in [2.05, 4.69) is 26.2 Å². The number of aryl methyl sites for hydroxylation is 1. The molecule has 0 spiro atoms. The maximum atomic E-state index is 11.6. The Morgan fingerprint density at radius 2 is 2.14 bits per heavy atom. The normalized spacial score (nSPS) is 11.9. The summed E-state index contributed by atoms with van der Waals surface area (Å²) in [5.74, 6) is -0.373. The molecule has 7 heteroatoms. The van der Waals surface area contributed by atoms with Crippen LogP contribution in [0.1, 0.15) is 19.2 Å². The fourth-order valence-electron chi connectivity index (χ4n) is 1.81. The third-order valence-electron chi connectivity index (χ3n) is 3.01. The standard InChI is InChI=1S/C15H15BrN2O4/c1-9(15(20)21)18-13(19)6-7-14-17-8-12(22-14)10-4-2-3-5-11(10)16/h2-5,8-9H,6-7H2,1H3,(H,18,19)(H,20,21). The van der Waals surface area contributed by atoms with Crippen LogP contribution in [0.2, 0.25) is 0 Å². The van der Waals surface area contributed by atoms with E-state index in [0.717, 1.165) is 10.0 Å². The van der Waals surface area contributed by atoms with E-state index in [1.165, 1.54) is 6.92 Å². The van der Waals surface area contributed by atoms with E-state index in [1.54, 1.807) is 6.20 Å². The highest BCUT2D eigenvalue weighted by atomic mass is 79.9. The van der Waals surface area contributed by atoms with Gasteiger partial charge in [-0.15, -0.1) is 0 Å². The smallest absolute Gasteiger partial charge is 0.325 e. The van der Waals surface area contributed by atoms with Crippen LogP contribution >= 0.6 is 15.9 Å². The van der Waals surface area contributed by atoms with Gasteiger partial charge >= 0.3 is 5.97 Å². The number of benzene rings is 1. The number of carbonyl (C=O) groups is 2. The number of hydrogen-bond acceptors (Lipinski definition) is 4. The minimum atomic E-state index is -1.07. The third kappa shape index (κ3) is 4.17. The summed E-state index contributed by atoms with van der Waals surface area (Å²) in [6, 6.07) is 6.68. The molecule has 0 saturated carbocycles. The minimum Gasteiger partial charge on any atom is -0.480 e. The fourth-order valence-corrected chi connectivity index (χ4v) is 2.29. The number of oxazole rings is 1. The van der Waals surface area contributed by atoms with Crippen LogP contribution < -0.4 is 5.32 Å². The summed E-state index contributed by atoms with van der Waals surface area (Å²) >= 11 is 3.44. The molecular weight excluding hydrogens is 352 g/mol. The number of carbonyl (C=O) groups excluding carboxylic acids is 1. The van der Waals surface area contributed by atoms with Crippen molar-refractivity contribution in [1.29, 1.82) is 0 Å². The Morgan fingerprint density at radius 1 is 1.41 bits per heavy atom. The van der Waals surface area contributed by atoms with Gasteiger partial charge in [0.15, 0.2) is 11.7 Å². The van der Waals surface area contributed by atoms with Gasteiger partial charge in [0.25, 0.3) is 0 Å². The van der Waals surface area contributed by atoms with E-state index in [1.807, 2.05) is 24.3 Å². The van der Waals surface area contributed by atoms with Crippen molar-refractivity contribution in [3.8, 4) is 11.3 Å². The molecule has 0 aliphatic carbocycles. The molecular formula is C15H15BrN2O4. The number of amides is 1. The Hall–Kier alpha value is -2.15. The van der Waals surface area contributed by atoms with Gasteiger partial charge in [0.05, 0.1) is 6.20 Å². The molecule has 0 fully saturated rings. The highest BCUT2D eigenvalue weighted by Crippen LogP contribution is 2.28. The molecule has 0 radical (unpaired) electrons. The quantitative estimate of drug-likeness (QED) is 0.819. The van der Waals surface area contributed by atoms with Crippen molar-refractivity contribution in [2.45, 2.75) is 25.8 Å². The molecule has 22 heavy (non-hydrogen) atoms. The Labute approximate surface area is 135 Å². The van der Waals surface area contributed by atoms with Gasteiger partial charge in [-0.05, 0) is 13.0 Å². The lowest BCUT2D eigenvalue weighted by Crippen LogP contribution is -2.38. The maximum absolute atomic E-state index is 11.6. The summed E-state index contributed by atoms with van der Waals surface area (Å²) < 4.78 is 6.51. The van der Waals surface area contributed by atoms with Gasteiger partial charge in [-0.3, -0.25) is 9.59 Å². The van der Waals surface area contributed by atoms with Crippen molar-refractivity contribution in [2.75, 3.05) is 0 Å². The zero-order valence-corrected chi connectivity index (χ0v) is 13.5. The van der Waals surface area contributed by atoms with E-state index in [4.69, 9.17) is 9.52 Å². The van der Waals surface area contributed by atoms with Gasteiger partial charge in [-0.25, -0.2) is 4.98 Å². The van der Waals surface area contributed by atoms with Crippen molar-refractivity contribution < 1.29 is 19.1 Å². The number of halogens is 1. The molecule has 0 saturated heterocycles. The average Bonchev–Trinajstić information content (AvgIpc) is 2.94. The summed E-state index contributed by atoms with van der Waals surface area (Å²) in [5.41, 5.74) is 0.880. The predicted molar refractivity (Wildman–Crippen MR) is 83.2 cm³/mol. The van der Waals surface area contributed by atoms with Gasteiger partial charge in [-0.1, -0.05) is 34.1 Å². The van der Waals surface area contributed by atoms with Gasteiger partial charge in [0, 0.05) is 22.9 Å². The zero-order valence-electron chi connectivity index (χ0n) is 11.9. The number of rotatable bonds is 6. The number of hydrogen-bond donors (Lipinski definition) is 2. The number of carboxylic acids is 1. The lowest BCUT2D eigenvalue weighted by Gasteiger charge is -2.07. The van der Waals surface area contributed by atoms with Crippen molar-refractivity contribution in [3.05, 3.63) is 40.8 Å². The Balaban J connectivity index is 1.94. The van der Waals surface area contributed by atoms with Crippen LogP contribution in [-0.4, -0.2) is 28.0 Å². The van der Waals surface area contributed by atoms with E-state index in [-0.39, 0.29) is 12.3 Å². The van der Waals surface area contributed by atoms with Crippen molar-refractivity contribution >= 4 is 27.8 Å². The first-order valence-electron chi connectivity index (χ1n) is 6.69. The number of aromatic nitrogens is 1. The molecule has 1 heterocycles. The largest absolute Gasteiger partial charge is 0.480 e. The van der Waals surface area contributed by atoms with Crippen LogP contribution in [0.4, 0.5) is 0 Å². The minimum absolute atomic E-state index is 0.119. The Bertz CT molecular complexity index is 684. The Morgan fingerprint density at radius 3 is 2.82 bits per heavy atom. The molecule has 0 aliphatic heterocycles. The molecule has 6 nitrogen and oxygen atoms in total. The summed E-state index contributed by atoms with van der Waals surface area (Å²) in [4.78, 5) is 26.4. The third-order valence-corrected chi connectivity index (χ3v) is 3.70. The van der Waals surface area contributed by atoms with Gasteiger partial charge in [0.2, 0.25) is 5.91 Å². The molecule has 1 aromatic heterocycles. The van der Waals surface area contributed by atoms with Crippen molar-refractivity contribution in [3.63, 3.8) is 0 Å². The number of aliphatic carboxylic acids is 1. The second-order valence-electron chi connectivity index (χ2n) is 4.73. The van der Waals surface area contributed by atoms with Gasteiger partial charge in [0.1, 0.15) is 6.04 Å². The second kappa shape index (κ2) is 7.22. The van der Waals surface area contributed by atoms with Crippen molar-refractivity contribution in [1.82, 2.24) is 10.3 Å². The molecule has 1 atom stereocenters. The summed E-state index contributed by atoms with van der Waals surface area (Å²) in [5, 5.41) is 11.1. The fraction of sp³-hybridized carbons (Fsp3) is 0.267. The molecule has 1 amide bonds. The average molecular weight is 367 g/mol. The topological polar surface area (TPSA) is 92.4 Å². The van der Waals surface area contributed by atoms with Crippen LogP contribution in [0.3, 0.4) is 0 Å². The first-order valence-corrected chi connectivity index (χ1v) is 7.48. The molecule has 0 bridgehead atoms. The molecule has 1 aromatic carbocycles. The first kappa shape index (κ1) is 16.2. The lowest BCUT2D eigenvalue weighted by atomic mass is 10.2. The SMILES string of the molecule is CC(NC(=O)CCc1ncc(-c2ccccc2Br)o1)C(=O)O. The highest BCUT2D eigenvalue weighted by molar-refractivity contribution is 9.10. The predicted octanol–water partition coefficient (Wildman–Crippen LogP) is 2.63. The first-order chi connectivity index (χ1) is 10.5. The monoisotopic (exact) mass is 366 g/mol. The maximum Gasteiger partial charge on any atom is 0.325 e. The lowest BCUT2D eigenvalue weighted by molar-refractivity contribution is -0.141. The summed E-state index contributed by atoms with van der Waals surface area (Å²) in [6.45, 7) is 1.41. The number of nitrogens with zero attached hydrogens (tertiary/aromatic N) is 1. The van der Waals surface area contributed by atoms with Crippen LogP contribution in [0, 0.1) is 0 Å². The zero-order chi connectivity index (χ0) is 16.1. The number of nitrogens with one attached hydrogen (secondary N) is 1. The van der Waals surface area contributed by atoms with E-state index in [0.29, 0.717) is 18.1 Å². The van der Waals surface area contributed by atoms with Crippen LogP contribution in [0.5, 0.6) is 0 Å². The second-order valence-corrected chi connectivity index (χ2v) is 5.58. The van der Waals surface area contributed by atoms with Gasteiger partial charge in [-0.2, -0.15) is 0 Å². The molecule has 2 N–H and O–H groups in total.